The summed E-state index contributed by atoms with van der Waals surface area (Å²) >= 11 is 1.60. The van der Waals surface area contributed by atoms with Crippen molar-refractivity contribution >= 4 is 33.3 Å². The molecular weight excluding hydrogens is 386 g/mol. The van der Waals surface area contributed by atoms with Gasteiger partial charge in [0.15, 0.2) is 0 Å². The highest BCUT2D eigenvalue weighted by Crippen LogP contribution is 2.33. The van der Waals surface area contributed by atoms with Gasteiger partial charge in [-0.1, -0.05) is 35.6 Å². The van der Waals surface area contributed by atoms with Crippen LogP contribution in [0, 0.1) is 13.8 Å². The van der Waals surface area contributed by atoms with E-state index in [2.05, 4.69) is 36.3 Å². The first kappa shape index (κ1) is 19.5. The number of rotatable bonds is 4. The number of piperidine rings is 1. The Balaban J connectivity index is 1.35. The van der Waals surface area contributed by atoms with Crippen molar-refractivity contribution in [3.63, 3.8) is 0 Å². The van der Waals surface area contributed by atoms with Gasteiger partial charge in [-0.05, 0) is 37.1 Å². The number of urea groups is 1. The number of aryl methyl sites for hydroxylation is 2. The van der Waals surface area contributed by atoms with Gasteiger partial charge in [-0.25, -0.2) is 9.78 Å². The molecule has 0 radical (unpaired) electrons. The zero-order valence-corrected chi connectivity index (χ0v) is 17.7. The van der Waals surface area contributed by atoms with Crippen molar-refractivity contribution in [1.29, 1.82) is 0 Å². The number of thiazole rings is 1. The number of hydrogen-bond acceptors (Lipinski definition) is 5. The predicted molar refractivity (Wildman–Crippen MR) is 116 cm³/mol. The average Bonchev–Trinajstić information content (AvgIpc) is 3.17. The lowest BCUT2D eigenvalue weighted by Crippen LogP contribution is -2.43. The van der Waals surface area contributed by atoms with E-state index in [4.69, 9.17) is 9.47 Å². The second-order valence-corrected chi connectivity index (χ2v) is 8.25. The molecule has 0 aliphatic carbocycles. The Morgan fingerprint density at radius 1 is 1.14 bits per heavy atom. The summed E-state index contributed by atoms with van der Waals surface area (Å²) in [6.45, 7) is 5.47. The fourth-order valence-corrected chi connectivity index (χ4v) is 4.58. The zero-order chi connectivity index (χ0) is 20.4. The lowest BCUT2D eigenvalue weighted by molar-refractivity contribution is 0.115. The molecule has 1 aromatic heterocycles. The molecule has 152 valence electrons. The summed E-state index contributed by atoms with van der Waals surface area (Å²) in [7, 11) is 1.60. The van der Waals surface area contributed by atoms with Gasteiger partial charge < -0.3 is 19.7 Å². The highest BCUT2D eigenvalue weighted by molar-refractivity contribution is 7.20. The van der Waals surface area contributed by atoms with Crippen LogP contribution in [0.4, 0.5) is 10.5 Å². The first-order valence-electron chi connectivity index (χ1n) is 9.77. The molecule has 0 unspecified atom stereocenters. The number of likely N-dealkylation sites (tertiary alicyclic amines) is 1. The van der Waals surface area contributed by atoms with Crippen LogP contribution < -0.4 is 14.8 Å². The summed E-state index contributed by atoms with van der Waals surface area (Å²) in [6.07, 6.45) is 1.65. The largest absolute Gasteiger partial charge is 0.495 e. The van der Waals surface area contributed by atoms with E-state index in [1.165, 1.54) is 15.8 Å². The fraction of sp³-hybridized carbons (Fsp3) is 0.364. The minimum Gasteiger partial charge on any atom is -0.495 e. The molecule has 4 rings (SSSR count). The number of ether oxygens (including phenoxy) is 2. The van der Waals surface area contributed by atoms with Crippen LogP contribution in [0.15, 0.2) is 36.4 Å². The van der Waals surface area contributed by atoms with Gasteiger partial charge in [0.2, 0.25) is 0 Å². The number of hydrogen-bond donors (Lipinski definition) is 1. The highest BCUT2D eigenvalue weighted by atomic mass is 32.1. The third-order valence-electron chi connectivity index (χ3n) is 5.27. The van der Waals surface area contributed by atoms with Gasteiger partial charge in [-0.2, -0.15) is 0 Å². The number of amides is 2. The molecule has 1 fully saturated rings. The van der Waals surface area contributed by atoms with Crippen LogP contribution >= 0.6 is 11.3 Å². The Kier molecular flexibility index (Phi) is 5.58. The van der Waals surface area contributed by atoms with Crippen molar-refractivity contribution in [2.45, 2.75) is 32.8 Å². The van der Waals surface area contributed by atoms with Crippen molar-refractivity contribution in [3.05, 3.63) is 47.5 Å². The molecule has 2 amide bonds. The normalized spacial score (nSPS) is 14.8. The Morgan fingerprint density at radius 2 is 1.86 bits per heavy atom. The van der Waals surface area contributed by atoms with E-state index in [9.17, 15) is 4.79 Å². The van der Waals surface area contributed by atoms with Gasteiger partial charge in [0.1, 0.15) is 11.9 Å². The monoisotopic (exact) mass is 411 g/mol. The molecule has 6 nitrogen and oxygen atoms in total. The molecule has 29 heavy (non-hydrogen) atoms. The van der Waals surface area contributed by atoms with Gasteiger partial charge in [0.05, 0.1) is 23.0 Å². The number of para-hydroxylation sites is 2. The Morgan fingerprint density at radius 3 is 2.59 bits per heavy atom. The van der Waals surface area contributed by atoms with Crippen LogP contribution in [0.3, 0.4) is 0 Å². The molecule has 2 heterocycles. The van der Waals surface area contributed by atoms with Crippen LogP contribution in [0.25, 0.3) is 10.2 Å². The van der Waals surface area contributed by atoms with Gasteiger partial charge in [0, 0.05) is 25.9 Å². The van der Waals surface area contributed by atoms with E-state index in [1.54, 1.807) is 18.4 Å². The summed E-state index contributed by atoms with van der Waals surface area (Å²) in [5, 5.41) is 3.65. The van der Waals surface area contributed by atoms with E-state index >= 15 is 0 Å². The first-order chi connectivity index (χ1) is 14.0. The summed E-state index contributed by atoms with van der Waals surface area (Å²) in [5.41, 5.74) is 4.09. The molecule has 1 N–H and O–H groups in total. The van der Waals surface area contributed by atoms with Crippen molar-refractivity contribution in [1.82, 2.24) is 9.88 Å². The van der Waals surface area contributed by atoms with E-state index in [0.717, 1.165) is 18.4 Å². The summed E-state index contributed by atoms with van der Waals surface area (Å²) < 4.78 is 12.7. The maximum atomic E-state index is 12.6. The number of nitrogens with one attached hydrogen (secondary N) is 1. The summed E-state index contributed by atoms with van der Waals surface area (Å²) in [4.78, 5) is 19.1. The number of nitrogens with zero attached hydrogens (tertiary/aromatic N) is 2. The van der Waals surface area contributed by atoms with Crippen molar-refractivity contribution in [2.75, 3.05) is 25.5 Å². The molecule has 1 aliphatic rings. The van der Waals surface area contributed by atoms with Crippen LogP contribution in [0.1, 0.15) is 24.0 Å². The standard InChI is InChI=1S/C22H25N3O3S/c1-14-8-9-15(2)20-19(14)24-22(29-20)28-16-10-12-25(13-11-16)21(26)23-17-6-4-5-7-18(17)27-3/h4-9,16H,10-13H2,1-3H3,(H,23,26). The molecular formula is C22H25N3O3S. The number of aromatic nitrogens is 1. The molecule has 3 aromatic rings. The van der Waals surface area contributed by atoms with Crippen LogP contribution in [0.5, 0.6) is 10.9 Å². The lowest BCUT2D eigenvalue weighted by Gasteiger charge is -2.31. The Labute approximate surface area is 174 Å². The van der Waals surface area contributed by atoms with Crippen molar-refractivity contribution in [3.8, 4) is 10.9 Å². The molecule has 0 spiro atoms. The van der Waals surface area contributed by atoms with E-state index in [-0.39, 0.29) is 12.1 Å². The lowest BCUT2D eigenvalue weighted by atomic mass is 10.1. The van der Waals surface area contributed by atoms with Gasteiger partial charge in [-0.15, -0.1) is 0 Å². The van der Waals surface area contributed by atoms with E-state index < -0.39 is 0 Å². The zero-order valence-electron chi connectivity index (χ0n) is 16.9. The van der Waals surface area contributed by atoms with Gasteiger partial charge in [0.25, 0.3) is 5.19 Å². The number of carbonyl (C=O) groups is 1. The molecule has 0 bridgehead atoms. The second kappa shape index (κ2) is 8.29. The Bertz CT molecular complexity index is 986. The number of anilines is 1. The smallest absolute Gasteiger partial charge is 0.321 e. The second-order valence-electron chi connectivity index (χ2n) is 7.29. The van der Waals surface area contributed by atoms with Gasteiger partial charge in [-0.3, -0.25) is 0 Å². The van der Waals surface area contributed by atoms with E-state index in [1.807, 2.05) is 29.2 Å². The summed E-state index contributed by atoms with van der Waals surface area (Å²) in [5.74, 6) is 0.653. The molecule has 0 saturated carbocycles. The number of fused-ring (bicyclic) bond motifs is 1. The quantitative estimate of drug-likeness (QED) is 0.656. The molecule has 1 saturated heterocycles. The minimum atomic E-state index is -0.112. The third kappa shape index (κ3) is 4.15. The van der Waals surface area contributed by atoms with Crippen LogP contribution in [-0.2, 0) is 0 Å². The number of methoxy groups -OCH3 is 1. The molecule has 0 atom stereocenters. The molecule has 1 aliphatic heterocycles. The SMILES string of the molecule is COc1ccccc1NC(=O)N1CCC(Oc2nc3c(C)ccc(C)c3s2)CC1. The van der Waals surface area contributed by atoms with Gasteiger partial charge >= 0.3 is 6.03 Å². The van der Waals surface area contributed by atoms with Crippen LogP contribution in [0.2, 0.25) is 0 Å². The highest BCUT2D eigenvalue weighted by Gasteiger charge is 2.25. The molecule has 2 aromatic carbocycles. The molecule has 7 heteroatoms. The van der Waals surface area contributed by atoms with Crippen molar-refractivity contribution < 1.29 is 14.3 Å². The maximum Gasteiger partial charge on any atom is 0.321 e. The maximum absolute atomic E-state index is 12.6. The average molecular weight is 412 g/mol. The number of benzene rings is 2. The third-order valence-corrected chi connectivity index (χ3v) is 6.35. The van der Waals surface area contributed by atoms with Crippen LogP contribution in [-0.4, -0.2) is 42.2 Å². The predicted octanol–water partition coefficient (Wildman–Crippen LogP) is 5.00. The topological polar surface area (TPSA) is 63.7 Å². The minimum absolute atomic E-state index is 0.0754. The first-order valence-corrected chi connectivity index (χ1v) is 10.6. The summed E-state index contributed by atoms with van der Waals surface area (Å²) in [6, 6.07) is 11.5. The fourth-order valence-electron chi connectivity index (χ4n) is 3.55. The van der Waals surface area contributed by atoms with Crippen molar-refractivity contribution in [2.24, 2.45) is 0 Å². The Hall–Kier alpha value is -2.80. The van der Waals surface area contributed by atoms with E-state index in [0.29, 0.717) is 29.7 Å². The number of carbonyl (C=O) groups excluding carboxylic acids is 1.